The van der Waals surface area contributed by atoms with Crippen LogP contribution in [0.1, 0.15) is 4.88 Å². The molecule has 2 nitrogen and oxygen atoms in total. The second kappa shape index (κ2) is 5.56. The van der Waals surface area contributed by atoms with E-state index in [9.17, 15) is 0 Å². The van der Waals surface area contributed by atoms with Gasteiger partial charge < -0.3 is 10.2 Å². The van der Waals surface area contributed by atoms with Gasteiger partial charge in [-0.3, -0.25) is 0 Å². The third-order valence-corrected chi connectivity index (χ3v) is 4.10. The molecule has 0 fully saturated rings. The van der Waals surface area contributed by atoms with Crippen LogP contribution in [-0.4, -0.2) is 14.1 Å². The summed E-state index contributed by atoms with van der Waals surface area (Å²) < 4.78 is 1.18. The van der Waals surface area contributed by atoms with Crippen molar-refractivity contribution in [3.8, 4) is 0 Å². The Morgan fingerprint density at radius 1 is 1.12 bits per heavy atom. The van der Waals surface area contributed by atoms with Crippen LogP contribution in [0.5, 0.6) is 0 Å². The van der Waals surface area contributed by atoms with E-state index < -0.39 is 0 Å². The van der Waals surface area contributed by atoms with Gasteiger partial charge in [-0.05, 0) is 52.3 Å². The highest BCUT2D eigenvalue weighted by molar-refractivity contribution is 9.11. The van der Waals surface area contributed by atoms with Crippen molar-refractivity contribution in [2.45, 2.75) is 6.54 Å². The average molecular weight is 311 g/mol. The number of rotatable bonds is 4. The minimum atomic E-state index is 0.873. The zero-order chi connectivity index (χ0) is 12.3. The van der Waals surface area contributed by atoms with Gasteiger partial charge in [-0.1, -0.05) is 0 Å². The van der Waals surface area contributed by atoms with Crippen LogP contribution in [0.3, 0.4) is 0 Å². The quantitative estimate of drug-likeness (QED) is 0.911. The molecule has 0 saturated carbocycles. The summed E-state index contributed by atoms with van der Waals surface area (Å²) in [5.74, 6) is 0. The molecule has 1 aromatic heterocycles. The summed E-state index contributed by atoms with van der Waals surface area (Å²) in [6, 6.07) is 12.7. The number of hydrogen-bond acceptors (Lipinski definition) is 3. The molecule has 0 amide bonds. The van der Waals surface area contributed by atoms with E-state index in [0.717, 1.165) is 12.2 Å². The first-order valence-corrected chi connectivity index (χ1v) is 7.01. The Morgan fingerprint density at radius 3 is 2.35 bits per heavy atom. The second-order valence-electron chi connectivity index (χ2n) is 4.00. The first-order chi connectivity index (χ1) is 8.15. The fourth-order valence-electron chi connectivity index (χ4n) is 1.51. The fourth-order valence-corrected chi connectivity index (χ4v) is 2.94. The topological polar surface area (TPSA) is 15.3 Å². The zero-order valence-corrected chi connectivity index (χ0v) is 12.3. The van der Waals surface area contributed by atoms with Crippen molar-refractivity contribution in [2.75, 3.05) is 24.3 Å². The van der Waals surface area contributed by atoms with Crippen LogP contribution in [-0.2, 0) is 6.54 Å². The molecule has 1 heterocycles. The molecule has 0 unspecified atom stereocenters. The lowest BCUT2D eigenvalue weighted by molar-refractivity contribution is 1.13. The van der Waals surface area contributed by atoms with E-state index >= 15 is 0 Å². The molecule has 0 atom stereocenters. The molecule has 0 aliphatic rings. The minimum Gasteiger partial charge on any atom is -0.380 e. The summed E-state index contributed by atoms with van der Waals surface area (Å²) in [5.41, 5.74) is 2.37. The van der Waals surface area contributed by atoms with Crippen molar-refractivity contribution in [1.82, 2.24) is 0 Å². The zero-order valence-electron chi connectivity index (χ0n) is 9.90. The van der Waals surface area contributed by atoms with E-state index in [4.69, 9.17) is 0 Å². The second-order valence-corrected chi connectivity index (χ2v) is 6.55. The van der Waals surface area contributed by atoms with Crippen molar-refractivity contribution < 1.29 is 0 Å². The summed E-state index contributed by atoms with van der Waals surface area (Å²) in [4.78, 5) is 3.42. The molecule has 0 aliphatic heterocycles. The molecule has 2 aromatic rings. The largest absolute Gasteiger partial charge is 0.380 e. The molecule has 90 valence electrons. The van der Waals surface area contributed by atoms with Gasteiger partial charge in [-0.2, -0.15) is 0 Å². The summed E-state index contributed by atoms with van der Waals surface area (Å²) >= 11 is 5.23. The molecule has 17 heavy (non-hydrogen) atoms. The van der Waals surface area contributed by atoms with Crippen molar-refractivity contribution in [3.05, 3.63) is 45.1 Å². The van der Waals surface area contributed by atoms with Crippen molar-refractivity contribution in [1.29, 1.82) is 0 Å². The number of anilines is 2. The van der Waals surface area contributed by atoms with Gasteiger partial charge >= 0.3 is 0 Å². The molecule has 0 bridgehead atoms. The predicted molar refractivity (Wildman–Crippen MR) is 80.1 cm³/mol. The monoisotopic (exact) mass is 310 g/mol. The average Bonchev–Trinajstić information content (AvgIpc) is 2.73. The molecule has 2 rings (SSSR count). The SMILES string of the molecule is CN(C)c1ccc(NCc2ccc(Br)s2)cc1. The Bertz CT molecular complexity index is 476. The number of benzene rings is 1. The number of hydrogen-bond donors (Lipinski definition) is 1. The number of halogens is 1. The smallest absolute Gasteiger partial charge is 0.0702 e. The van der Waals surface area contributed by atoms with Gasteiger partial charge in [0.15, 0.2) is 0 Å². The first kappa shape index (κ1) is 12.5. The number of thiophene rings is 1. The third-order valence-electron chi connectivity index (χ3n) is 2.48. The molecule has 1 aromatic carbocycles. The van der Waals surface area contributed by atoms with Crippen LogP contribution in [0.4, 0.5) is 11.4 Å². The molecule has 4 heteroatoms. The highest BCUT2D eigenvalue weighted by Crippen LogP contribution is 2.23. The Labute approximate surface area is 114 Å². The van der Waals surface area contributed by atoms with Crippen LogP contribution in [0.25, 0.3) is 0 Å². The van der Waals surface area contributed by atoms with Gasteiger partial charge in [0.2, 0.25) is 0 Å². The summed E-state index contributed by atoms with van der Waals surface area (Å²) in [5, 5.41) is 3.41. The van der Waals surface area contributed by atoms with Gasteiger partial charge in [0.25, 0.3) is 0 Å². The van der Waals surface area contributed by atoms with Gasteiger partial charge in [-0.25, -0.2) is 0 Å². The molecular formula is C13H15BrN2S. The van der Waals surface area contributed by atoms with Gasteiger partial charge in [-0.15, -0.1) is 11.3 Å². The maximum Gasteiger partial charge on any atom is 0.0702 e. The van der Waals surface area contributed by atoms with E-state index in [1.807, 2.05) is 14.1 Å². The summed E-state index contributed by atoms with van der Waals surface area (Å²) in [6.45, 7) is 0.873. The highest BCUT2D eigenvalue weighted by atomic mass is 79.9. The number of nitrogens with one attached hydrogen (secondary N) is 1. The Morgan fingerprint density at radius 2 is 1.82 bits per heavy atom. The number of nitrogens with zero attached hydrogens (tertiary/aromatic N) is 1. The van der Waals surface area contributed by atoms with E-state index in [0.29, 0.717) is 0 Å². The highest BCUT2D eigenvalue weighted by Gasteiger charge is 1.99. The maximum atomic E-state index is 3.47. The molecule has 0 spiro atoms. The standard InChI is InChI=1S/C13H15BrN2S/c1-16(2)11-5-3-10(4-6-11)15-9-12-7-8-13(14)17-12/h3-8,15H,9H2,1-2H3. The van der Waals surface area contributed by atoms with E-state index in [1.165, 1.54) is 14.4 Å². The lowest BCUT2D eigenvalue weighted by atomic mass is 10.2. The van der Waals surface area contributed by atoms with Crippen molar-refractivity contribution in [3.63, 3.8) is 0 Å². The van der Waals surface area contributed by atoms with Gasteiger partial charge in [0.1, 0.15) is 0 Å². The summed E-state index contributed by atoms with van der Waals surface area (Å²) in [7, 11) is 4.09. The normalized spacial score (nSPS) is 10.3. The van der Waals surface area contributed by atoms with Crippen LogP contribution in [0.2, 0.25) is 0 Å². The molecular weight excluding hydrogens is 296 g/mol. The van der Waals surface area contributed by atoms with Crippen LogP contribution >= 0.6 is 27.3 Å². The van der Waals surface area contributed by atoms with Crippen molar-refractivity contribution >= 4 is 38.6 Å². The van der Waals surface area contributed by atoms with Crippen LogP contribution in [0.15, 0.2) is 40.2 Å². The van der Waals surface area contributed by atoms with Gasteiger partial charge in [0, 0.05) is 36.9 Å². The summed E-state index contributed by atoms with van der Waals surface area (Å²) in [6.07, 6.45) is 0. The van der Waals surface area contributed by atoms with E-state index in [2.05, 4.69) is 62.5 Å². The molecule has 0 aliphatic carbocycles. The van der Waals surface area contributed by atoms with E-state index in [1.54, 1.807) is 11.3 Å². The molecule has 0 saturated heterocycles. The van der Waals surface area contributed by atoms with Crippen LogP contribution in [0, 0.1) is 0 Å². The Hall–Kier alpha value is -1.00. The van der Waals surface area contributed by atoms with Crippen molar-refractivity contribution in [2.24, 2.45) is 0 Å². The lowest BCUT2D eigenvalue weighted by Gasteiger charge is -2.13. The first-order valence-electron chi connectivity index (χ1n) is 5.40. The lowest BCUT2D eigenvalue weighted by Crippen LogP contribution is -2.08. The Kier molecular flexibility index (Phi) is 4.07. The predicted octanol–water partition coefficient (Wildman–Crippen LogP) is 4.19. The fraction of sp³-hybridized carbons (Fsp3) is 0.231. The maximum absolute atomic E-state index is 3.47. The molecule has 1 N–H and O–H groups in total. The molecule has 0 radical (unpaired) electrons. The van der Waals surface area contributed by atoms with E-state index in [-0.39, 0.29) is 0 Å². The third kappa shape index (κ3) is 3.48. The van der Waals surface area contributed by atoms with Gasteiger partial charge in [0.05, 0.1) is 3.79 Å². The Balaban J connectivity index is 1.95. The minimum absolute atomic E-state index is 0.873. The van der Waals surface area contributed by atoms with Crippen LogP contribution < -0.4 is 10.2 Å².